The van der Waals surface area contributed by atoms with Crippen molar-refractivity contribution in [2.75, 3.05) is 73.0 Å². The fraction of sp³-hybridized carbons (Fsp3) is 1.00. The van der Waals surface area contributed by atoms with Gasteiger partial charge in [0.25, 0.3) is 0 Å². The lowest BCUT2D eigenvalue weighted by Crippen LogP contribution is -2.47. The third-order valence-electron chi connectivity index (χ3n) is 5.64. The summed E-state index contributed by atoms with van der Waals surface area (Å²) in [7, 11) is 4.30. The number of hydrazine groups is 1. The van der Waals surface area contributed by atoms with Gasteiger partial charge in [-0.05, 0) is 105 Å². The highest BCUT2D eigenvalue weighted by Gasteiger charge is 2.20. The van der Waals surface area contributed by atoms with E-state index in [0.717, 1.165) is 26.2 Å². The first-order valence-electron chi connectivity index (χ1n) is 11.1. The predicted octanol–water partition coefficient (Wildman–Crippen LogP) is 1.31. The summed E-state index contributed by atoms with van der Waals surface area (Å²) >= 11 is 0. The summed E-state index contributed by atoms with van der Waals surface area (Å²) in [5.41, 5.74) is 6.87. The largest absolute Gasteiger partial charge is 0.309 e. The highest BCUT2D eigenvalue weighted by atomic mass is 15.4. The molecule has 2 fully saturated rings. The third kappa shape index (κ3) is 9.62. The maximum Gasteiger partial charge on any atom is 0.0609 e. The summed E-state index contributed by atoms with van der Waals surface area (Å²) in [6.07, 6.45) is 11.1. The number of likely N-dealkylation sites (tertiary alicyclic amines) is 2. The molecule has 0 aromatic carbocycles. The van der Waals surface area contributed by atoms with Gasteiger partial charge in [-0.1, -0.05) is 6.42 Å². The summed E-state index contributed by atoms with van der Waals surface area (Å²) < 4.78 is 0. The zero-order chi connectivity index (χ0) is 18.5. The number of nitrogens with zero attached hydrogens (tertiary/aromatic N) is 3. The van der Waals surface area contributed by atoms with Gasteiger partial charge in [0.05, 0.1) is 6.17 Å². The second-order valence-corrected chi connectivity index (χ2v) is 8.27. The smallest absolute Gasteiger partial charge is 0.0609 e. The minimum absolute atomic E-state index is 0.530. The molecular formula is C20H44N6. The minimum atomic E-state index is 0.530. The van der Waals surface area contributed by atoms with Gasteiger partial charge < -0.3 is 15.1 Å². The number of hydrogen-bond acceptors (Lipinski definition) is 6. The van der Waals surface area contributed by atoms with E-state index in [-0.39, 0.29) is 0 Å². The van der Waals surface area contributed by atoms with Crippen LogP contribution in [0.3, 0.4) is 0 Å². The van der Waals surface area contributed by atoms with E-state index in [1.807, 2.05) is 0 Å². The summed E-state index contributed by atoms with van der Waals surface area (Å²) in [6.45, 7) is 10.8. The molecule has 1 atom stereocenters. The van der Waals surface area contributed by atoms with Gasteiger partial charge in [0.2, 0.25) is 0 Å². The first kappa shape index (κ1) is 22.1. The van der Waals surface area contributed by atoms with Crippen molar-refractivity contribution in [3.63, 3.8) is 0 Å². The van der Waals surface area contributed by atoms with Crippen LogP contribution in [0, 0.1) is 0 Å². The van der Waals surface area contributed by atoms with E-state index in [1.54, 1.807) is 0 Å². The summed E-state index contributed by atoms with van der Waals surface area (Å²) in [5.74, 6) is 0. The second kappa shape index (κ2) is 13.9. The van der Waals surface area contributed by atoms with Gasteiger partial charge >= 0.3 is 0 Å². The van der Waals surface area contributed by atoms with Gasteiger partial charge in [0.1, 0.15) is 0 Å². The quantitative estimate of drug-likeness (QED) is 0.317. The molecule has 0 aromatic heterocycles. The molecule has 1 unspecified atom stereocenters. The van der Waals surface area contributed by atoms with Crippen molar-refractivity contribution in [1.82, 2.24) is 30.9 Å². The first-order chi connectivity index (χ1) is 12.8. The highest BCUT2D eigenvalue weighted by Crippen LogP contribution is 2.12. The number of hydrogen-bond donors (Lipinski definition) is 3. The first-order valence-corrected chi connectivity index (χ1v) is 11.1. The van der Waals surface area contributed by atoms with Crippen LogP contribution in [0.1, 0.15) is 51.4 Å². The molecule has 2 rings (SSSR count). The van der Waals surface area contributed by atoms with Gasteiger partial charge in [-0.3, -0.25) is 15.8 Å². The monoisotopic (exact) mass is 368 g/mol. The molecule has 2 aliphatic rings. The summed E-state index contributed by atoms with van der Waals surface area (Å²) in [6, 6.07) is 0. The second-order valence-electron chi connectivity index (χ2n) is 8.27. The van der Waals surface area contributed by atoms with Crippen LogP contribution in [0.5, 0.6) is 0 Å². The predicted molar refractivity (Wildman–Crippen MR) is 111 cm³/mol. The van der Waals surface area contributed by atoms with Crippen LogP contribution in [0.4, 0.5) is 0 Å². The lowest BCUT2D eigenvalue weighted by molar-refractivity contribution is 0.187. The van der Waals surface area contributed by atoms with E-state index in [2.05, 4.69) is 45.0 Å². The molecule has 26 heavy (non-hydrogen) atoms. The molecule has 2 aliphatic heterocycles. The maximum absolute atomic E-state index is 3.79. The molecule has 3 N–H and O–H groups in total. The van der Waals surface area contributed by atoms with Gasteiger partial charge in [0, 0.05) is 13.1 Å². The average molecular weight is 369 g/mol. The zero-order valence-corrected chi connectivity index (χ0v) is 17.4. The van der Waals surface area contributed by atoms with Crippen LogP contribution >= 0.6 is 0 Å². The fourth-order valence-electron chi connectivity index (χ4n) is 4.09. The Balaban J connectivity index is 1.50. The molecule has 2 saturated heterocycles. The van der Waals surface area contributed by atoms with Crippen molar-refractivity contribution in [1.29, 1.82) is 0 Å². The van der Waals surface area contributed by atoms with Gasteiger partial charge in [-0.2, -0.15) is 0 Å². The Bertz CT molecular complexity index is 326. The van der Waals surface area contributed by atoms with Crippen LogP contribution < -0.4 is 16.2 Å². The van der Waals surface area contributed by atoms with Gasteiger partial charge in [-0.25, -0.2) is 0 Å². The van der Waals surface area contributed by atoms with Gasteiger partial charge in [0.15, 0.2) is 0 Å². The van der Waals surface area contributed by atoms with Crippen molar-refractivity contribution >= 4 is 0 Å². The van der Waals surface area contributed by atoms with Crippen LogP contribution in [-0.2, 0) is 0 Å². The fourth-order valence-corrected chi connectivity index (χ4v) is 4.09. The lowest BCUT2D eigenvalue weighted by atomic mass is 10.1. The Morgan fingerprint density at radius 3 is 2.23 bits per heavy atom. The zero-order valence-electron chi connectivity index (χ0n) is 17.4. The Hall–Kier alpha value is -0.240. The minimum Gasteiger partial charge on any atom is -0.309 e. The molecule has 0 aromatic rings. The van der Waals surface area contributed by atoms with Crippen molar-refractivity contribution in [2.24, 2.45) is 0 Å². The number of piperidine rings is 1. The van der Waals surface area contributed by atoms with Crippen molar-refractivity contribution in [3.05, 3.63) is 0 Å². The van der Waals surface area contributed by atoms with Crippen LogP contribution in [0.2, 0.25) is 0 Å². The molecular weight excluding hydrogens is 324 g/mol. The van der Waals surface area contributed by atoms with E-state index in [4.69, 9.17) is 0 Å². The van der Waals surface area contributed by atoms with Crippen LogP contribution in [0.15, 0.2) is 0 Å². The van der Waals surface area contributed by atoms with E-state index < -0.39 is 0 Å². The van der Waals surface area contributed by atoms with E-state index in [0.29, 0.717) is 6.17 Å². The molecule has 0 amide bonds. The molecule has 0 bridgehead atoms. The van der Waals surface area contributed by atoms with Gasteiger partial charge in [-0.15, -0.1) is 0 Å². The van der Waals surface area contributed by atoms with E-state index >= 15 is 0 Å². The lowest BCUT2D eigenvalue weighted by Gasteiger charge is -2.29. The molecule has 6 nitrogen and oxygen atoms in total. The normalized spacial score (nSPS) is 20.9. The Morgan fingerprint density at radius 1 is 0.808 bits per heavy atom. The number of rotatable bonds is 14. The molecule has 0 radical (unpaired) electrons. The molecule has 0 aliphatic carbocycles. The summed E-state index contributed by atoms with van der Waals surface area (Å²) in [5, 5.41) is 3.79. The van der Waals surface area contributed by atoms with Crippen LogP contribution in [0.25, 0.3) is 0 Å². The van der Waals surface area contributed by atoms with E-state index in [1.165, 1.54) is 84.1 Å². The van der Waals surface area contributed by atoms with Crippen LogP contribution in [-0.4, -0.2) is 93.9 Å². The Kier molecular flexibility index (Phi) is 11.8. The van der Waals surface area contributed by atoms with Crippen molar-refractivity contribution in [3.8, 4) is 0 Å². The third-order valence-corrected chi connectivity index (χ3v) is 5.64. The summed E-state index contributed by atoms with van der Waals surface area (Å²) in [4.78, 5) is 7.52. The highest BCUT2D eigenvalue weighted by molar-refractivity contribution is 4.75. The molecule has 154 valence electrons. The molecule has 0 spiro atoms. The van der Waals surface area contributed by atoms with Crippen molar-refractivity contribution in [2.45, 2.75) is 57.5 Å². The van der Waals surface area contributed by atoms with Crippen molar-refractivity contribution < 1.29 is 0 Å². The molecule has 2 heterocycles. The standard InChI is InChI=1S/C20H44N6/c1-24(2)14-8-11-21-20(26-18-6-7-19-26)10-13-23-22-12-9-17-25-15-4-3-5-16-25/h20-23H,3-19H2,1-2H3. The number of nitrogens with one attached hydrogen (secondary N) is 3. The topological polar surface area (TPSA) is 45.8 Å². The average Bonchev–Trinajstić information content (AvgIpc) is 3.18. The molecule has 6 heteroatoms. The van der Waals surface area contributed by atoms with E-state index in [9.17, 15) is 0 Å². The Morgan fingerprint density at radius 2 is 1.50 bits per heavy atom. The SMILES string of the molecule is CN(C)CCCNC(CCNNCCCN1CCCCC1)N1CCCC1. The Labute approximate surface area is 162 Å². The molecule has 0 saturated carbocycles. The maximum atomic E-state index is 3.79.